The lowest BCUT2D eigenvalue weighted by atomic mass is 10.1. The van der Waals surface area contributed by atoms with Gasteiger partial charge in [-0.15, -0.1) is 0 Å². The molecule has 5 N–H and O–H groups in total. The largest absolute Gasteiger partial charge is 0.477 e. The Hall–Kier alpha value is -6.47. The number of rotatable bonds is 19. The molecule has 8 aromatic rings. The summed E-state index contributed by atoms with van der Waals surface area (Å²) < 4.78 is 7.92. The van der Waals surface area contributed by atoms with Crippen LogP contribution in [0.3, 0.4) is 0 Å². The van der Waals surface area contributed by atoms with Gasteiger partial charge in [0.15, 0.2) is 5.71 Å². The van der Waals surface area contributed by atoms with Crippen LogP contribution in [0.4, 0.5) is 0 Å². The van der Waals surface area contributed by atoms with Crippen molar-refractivity contribution < 1.29 is 33.9 Å². The van der Waals surface area contributed by atoms with Crippen LogP contribution in [-0.4, -0.2) is 87.2 Å². The monoisotopic (exact) mass is 1170 g/mol. The van der Waals surface area contributed by atoms with E-state index < -0.39 is 5.97 Å². The van der Waals surface area contributed by atoms with E-state index in [0.29, 0.717) is 44.0 Å². The first-order valence-corrected chi connectivity index (χ1v) is 26.1. The SMILES string of the molecule is CCOC(=O)C(Cc1c[nH]c2ccc(Br)cc12)=NC.CSCCNC(=O)/C(Cc1c[nH]c2ccc(Br)cc12)=N\OCc1ccccc1.O=C(O)/C(Cc1c[nH]c2ccc(Br)cc12)=N\OCc1ccccc1. The number of carboxylic acids is 1. The molecule has 0 aliphatic heterocycles. The van der Waals surface area contributed by atoms with Crippen molar-refractivity contribution in [1.29, 1.82) is 0 Å². The molecule has 71 heavy (non-hydrogen) atoms. The van der Waals surface area contributed by atoms with Gasteiger partial charge in [-0.25, -0.2) is 9.59 Å². The van der Waals surface area contributed by atoms with Crippen LogP contribution in [0.25, 0.3) is 32.7 Å². The van der Waals surface area contributed by atoms with Crippen molar-refractivity contribution in [3.05, 3.63) is 175 Å². The Morgan fingerprint density at radius 3 is 1.45 bits per heavy atom. The van der Waals surface area contributed by atoms with Crippen molar-refractivity contribution in [1.82, 2.24) is 20.3 Å². The van der Waals surface area contributed by atoms with E-state index in [1.807, 2.05) is 134 Å². The molecule has 3 heterocycles. The van der Waals surface area contributed by atoms with Crippen LogP contribution in [-0.2, 0) is 61.3 Å². The maximum absolute atomic E-state index is 12.6. The van der Waals surface area contributed by atoms with Crippen LogP contribution in [0.5, 0.6) is 0 Å². The van der Waals surface area contributed by atoms with Gasteiger partial charge in [0.25, 0.3) is 5.91 Å². The number of hydrogen-bond donors (Lipinski definition) is 5. The molecule has 0 aliphatic carbocycles. The Kier molecular flexibility index (Phi) is 21.1. The van der Waals surface area contributed by atoms with Crippen molar-refractivity contribution >= 4 is 127 Å². The summed E-state index contributed by atoms with van der Waals surface area (Å²) >= 11 is 12.1. The molecule has 368 valence electrons. The first-order chi connectivity index (χ1) is 34.5. The van der Waals surface area contributed by atoms with Crippen LogP contribution in [0.2, 0.25) is 0 Å². The molecule has 1 amide bonds. The van der Waals surface area contributed by atoms with Crippen LogP contribution in [0, 0.1) is 0 Å². The first-order valence-electron chi connectivity index (χ1n) is 22.3. The molecule has 0 aliphatic rings. The highest BCUT2D eigenvalue weighted by Crippen LogP contribution is 2.26. The van der Waals surface area contributed by atoms with Gasteiger partial charge in [-0.3, -0.25) is 9.79 Å². The highest BCUT2D eigenvalue weighted by molar-refractivity contribution is 9.11. The van der Waals surface area contributed by atoms with E-state index in [1.54, 1.807) is 31.9 Å². The number of amides is 1. The summed E-state index contributed by atoms with van der Waals surface area (Å²) in [5.74, 6) is -0.794. The third-order valence-electron chi connectivity index (χ3n) is 10.6. The minimum atomic E-state index is -1.09. The molecular weight excluding hydrogens is 1120 g/mol. The minimum Gasteiger partial charge on any atom is -0.477 e. The molecule has 14 nitrogen and oxygen atoms in total. The Labute approximate surface area is 440 Å². The number of fused-ring (bicyclic) bond motifs is 3. The molecular formula is C53H52Br3N7O7S. The number of carbonyl (C=O) groups excluding carboxylic acids is 2. The van der Waals surface area contributed by atoms with Crippen molar-refractivity contribution in [2.24, 2.45) is 15.3 Å². The Morgan fingerprint density at radius 2 is 1.04 bits per heavy atom. The third kappa shape index (κ3) is 16.3. The van der Waals surface area contributed by atoms with E-state index in [0.717, 1.165) is 79.7 Å². The summed E-state index contributed by atoms with van der Waals surface area (Å²) in [6.07, 6.45) is 8.66. The normalized spacial score (nSPS) is 11.7. The van der Waals surface area contributed by atoms with Crippen LogP contribution < -0.4 is 5.32 Å². The van der Waals surface area contributed by atoms with E-state index in [4.69, 9.17) is 14.4 Å². The number of ether oxygens (including phenoxy) is 1. The third-order valence-corrected chi connectivity index (χ3v) is 12.7. The van der Waals surface area contributed by atoms with Gasteiger partial charge >= 0.3 is 11.9 Å². The number of benzene rings is 5. The van der Waals surface area contributed by atoms with E-state index >= 15 is 0 Å². The molecule has 0 radical (unpaired) electrons. The lowest BCUT2D eigenvalue weighted by molar-refractivity contribution is -0.135. The summed E-state index contributed by atoms with van der Waals surface area (Å²) in [4.78, 5) is 60.1. The lowest BCUT2D eigenvalue weighted by Crippen LogP contribution is -2.34. The Bertz CT molecular complexity index is 3140. The molecule has 0 atom stereocenters. The van der Waals surface area contributed by atoms with Crippen LogP contribution in [0.1, 0.15) is 34.7 Å². The van der Waals surface area contributed by atoms with Crippen molar-refractivity contribution in [2.75, 3.05) is 32.2 Å². The number of carboxylic acid groups (broad SMARTS) is 1. The molecule has 0 unspecified atom stereocenters. The molecule has 18 heteroatoms. The molecule has 5 aromatic carbocycles. The highest BCUT2D eigenvalue weighted by Gasteiger charge is 2.18. The molecule has 8 rings (SSSR count). The van der Waals surface area contributed by atoms with Gasteiger partial charge in [0.05, 0.1) is 6.61 Å². The van der Waals surface area contributed by atoms with Crippen LogP contribution in [0.15, 0.2) is 163 Å². The van der Waals surface area contributed by atoms with Crippen LogP contribution >= 0.6 is 59.6 Å². The van der Waals surface area contributed by atoms with Crippen molar-refractivity contribution in [2.45, 2.75) is 39.4 Å². The number of aromatic amines is 3. The molecule has 0 saturated heterocycles. The van der Waals surface area contributed by atoms with E-state index in [9.17, 15) is 19.5 Å². The number of esters is 1. The number of H-pyrrole nitrogens is 3. The number of nitrogens with one attached hydrogen (secondary N) is 4. The van der Waals surface area contributed by atoms with Gasteiger partial charge < -0.3 is 39.8 Å². The lowest BCUT2D eigenvalue weighted by Gasteiger charge is -2.08. The number of aromatic nitrogens is 3. The number of halogens is 3. The average Bonchev–Trinajstić information content (AvgIpc) is 4.09. The van der Waals surface area contributed by atoms with Gasteiger partial charge in [0.1, 0.15) is 24.6 Å². The maximum atomic E-state index is 12.6. The molecule has 3 aromatic heterocycles. The molecule has 0 fully saturated rings. The zero-order valence-corrected chi connectivity index (χ0v) is 44.7. The first kappa shape index (κ1) is 53.9. The molecule has 0 bridgehead atoms. The quantitative estimate of drug-likeness (QED) is 0.0228. The summed E-state index contributed by atoms with van der Waals surface area (Å²) in [6.45, 7) is 3.29. The van der Waals surface area contributed by atoms with Gasteiger partial charge in [-0.2, -0.15) is 11.8 Å². The van der Waals surface area contributed by atoms with Crippen molar-refractivity contribution in [3.63, 3.8) is 0 Å². The fraction of sp³-hybridized carbons (Fsp3) is 0.208. The predicted octanol–water partition coefficient (Wildman–Crippen LogP) is 11.8. The number of carbonyl (C=O) groups is 3. The number of aliphatic imine (C=N–C) groups is 1. The Morgan fingerprint density at radius 1 is 0.620 bits per heavy atom. The second kappa shape index (κ2) is 27.8. The zero-order chi connectivity index (χ0) is 50.5. The summed E-state index contributed by atoms with van der Waals surface area (Å²) in [7, 11) is 1.61. The van der Waals surface area contributed by atoms with E-state index in [2.05, 4.69) is 83.4 Å². The smallest absolute Gasteiger partial charge is 0.354 e. The Balaban J connectivity index is 0.000000178. The zero-order valence-electron chi connectivity index (χ0n) is 39.1. The predicted molar refractivity (Wildman–Crippen MR) is 295 cm³/mol. The minimum absolute atomic E-state index is 0.0354. The standard InChI is InChI=1S/C21H22BrN3O2S.C18H15BrN2O3.C14H15BrN2O2/c1-28-10-9-23-21(26)20(25-27-14-15-5-3-2-4-6-15)11-16-13-24-19-8-7-17(22)12-18(16)19;19-14-6-7-16-15(9-14)13(10-20-16)8-17(18(22)23)21-24-11-12-4-2-1-3-5-12;1-3-19-14(18)13(16-2)6-9-8-17-12-5-4-10(15)7-11(9)12/h2-8,12-13,24H,9-11,14H2,1H3,(H,23,26);1-7,9-10,20H,8,11H2,(H,22,23);4-5,7-8,17H,3,6H2,1-2H3/b25-20-;21-17-;. The number of thioether (sulfide) groups is 1. The summed E-state index contributed by atoms with van der Waals surface area (Å²) in [5, 5.41) is 23.4. The topological polar surface area (TPSA) is 196 Å². The molecule has 0 spiro atoms. The second-order valence-corrected chi connectivity index (χ2v) is 19.3. The number of nitrogens with zero attached hydrogens (tertiary/aromatic N) is 3. The van der Waals surface area contributed by atoms with E-state index in [1.165, 1.54) is 0 Å². The van der Waals surface area contributed by atoms with Gasteiger partial charge in [0, 0.05) is 103 Å². The highest BCUT2D eigenvalue weighted by atomic mass is 79.9. The van der Waals surface area contributed by atoms with Gasteiger partial charge in [0.2, 0.25) is 0 Å². The number of hydrogen-bond acceptors (Lipinski definition) is 10. The average molecular weight is 1170 g/mol. The van der Waals surface area contributed by atoms with Crippen molar-refractivity contribution in [3.8, 4) is 0 Å². The van der Waals surface area contributed by atoms with Gasteiger partial charge in [-0.1, -0.05) is 119 Å². The fourth-order valence-corrected chi connectivity index (χ4v) is 8.47. The number of aliphatic carboxylic acids is 1. The molecule has 0 saturated carbocycles. The summed E-state index contributed by atoms with van der Waals surface area (Å²) in [5.41, 5.74) is 8.59. The van der Waals surface area contributed by atoms with E-state index in [-0.39, 0.29) is 30.6 Å². The fourth-order valence-electron chi connectivity index (χ4n) is 7.08. The second-order valence-electron chi connectivity index (χ2n) is 15.6. The van der Waals surface area contributed by atoms with Gasteiger partial charge in [-0.05, 0) is 95.6 Å². The summed E-state index contributed by atoms with van der Waals surface area (Å²) in [6, 6.07) is 37.1. The maximum Gasteiger partial charge on any atom is 0.354 e. The number of oxime groups is 2.